The molecule has 1 saturated carbocycles. The molecule has 3 rings (SSSR count). The molecule has 1 amide bonds. The number of nitrogens with one attached hydrogen (secondary N) is 2. The van der Waals surface area contributed by atoms with E-state index in [2.05, 4.69) is 15.3 Å². The van der Waals surface area contributed by atoms with Gasteiger partial charge in [0.05, 0.1) is 7.11 Å². The first-order chi connectivity index (χ1) is 11.8. The van der Waals surface area contributed by atoms with Crippen molar-refractivity contribution in [3.63, 3.8) is 0 Å². The van der Waals surface area contributed by atoms with Gasteiger partial charge in [0.15, 0.2) is 0 Å². The Morgan fingerprint density at radius 2 is 2.00 bits per heavy atom. The van der Waals surface area contributed by atoms with Crippen LogP contribution in [0.5, 0.6) is 5.88 Å². The third kappa shape index (κ3) is 3.96. The zero-order valence-corrected chi connectivity index (χ0v) is 14.2. The maximum atomic E-state index is 12.5. The molecule has 1 aliphatic rings. The molecule has 0 spiro atoms. The van der Waals surface area contributed by atoms with Gasteiger partial charge in [0.1, 0.15) is 5.69 Å². The number of methoxy groups -OCH3 is 1. The van der Waals surface area contributed by atoms with Gasteiger partial charge in [0, 0.05) is 29.6 Å². The summed E-state index contributed by atoms with van der Waals surface area (Å²) in [6, 6.07) is 5.94. The van der Waals surface area contributed by atoms with Crippen LogP contribution in [0.4, 0.5) is 0 Å². The Morgan fingerprint density at radius 3 is 2.75 bits per heavy atom. The molecule has 5 heteroatoms. The van der Waals surface area contributed by atoms with Crippen LogP contribution in [-0.2, 0) is 0 Å². The molecule has 0 unspecified atom stereocenters. The summed E-state index contributed by atoms with van der Waals surface area (Å²) in [4.78, 5) is 19.8. The average Bonchev–Trinajstić information content (AvgIpc) is 3.07. The van der Waals surface area contributed by atoms with E-state index in [0.717, 1.165) is 24.0 Å². The Bertz CT molecular complexity index is 673. The maximum absolute atomic E-state index is 12.5. The molecule has 2 N–H and O–H groups in total. The smallest absolute Gasteiger partial charge is 0.267 e. The van der Waals surface area contributed by atoms with Gasteiger partial charge in [-0.15, -0.1) is 0 Å². The number of pyridine rings is 1. The van der Waals surface area contributed by atoms with Gasteiger partial charge in [-0.05, 0) is 31.0 Å². The molecule has 0 atom stereocenters. The average molecular weight is 327 g/mol. The molecule has 1 aliphatic carbocycles. The van der Waals surface area contributed by atoms with Crippen molar-refractivity contribution in [2.45, 2.75) is 51.0 Å². The normalized spacial score (nSPS) is 16.2. The molecular formula is C19H25N3O2. The number of aromatic amines is 1. The molecule has 2 heterocycles. The van der Waals surface area contributed by atoms with E-state index in [1.165, 1.54) is 32.1 Å². The molecule has 0 aromatic carbocycles. The van der Waals surface area contributed by atoms with E-state index in [4.69, 9.17) is 4.74 Å². The number of nitrogens with zero attached hydrogens (tertiary/aromatic N) is 1. The highest BCUT2D eigenvalue weighted by atomic mass is 16.5. The summed E-state index contributed by atoms with van der Waals surface area (Å²) in [7, 11) is 1.60. The minimum Gasteiger partial charge on any atom is -0.481 e. The van der Waals surface area contributed by atoms with Crippen LogP contribution in [0, 0.1) is 0 Å². The topological polar surface area (TPSA) is 67.0 Å². The third-order valence-electron chi connectivity index (χ3n) is 4.64. The van der Waals surface area contributed by atoms with Gasteiger partial charge < -0.3 is 15.0 Å². The molecule has 128 valence electrons. The van der Waals surface area contributed by atoms with Crippen LogP contribution in [0.3, 0.4) is 0 Å². The fraction of sp³-hybridized carbons (Fsp3) is 0.474. The molecule has 1 fully saturated rings. The summed E-state index contributed by atoms with van der Waals surface area (Å²) in [6.07, 6.45) is 12.0. The molecule has 24 heavy (non-hydrogen) atoms. The summed E-state index contributed by atoms with van der Waals surface area (Å²) in [5, 5.41) is 3.18. The van der Waals surface area contributed by atoms with Crippen molar-refractivity contribution in [3.05, 3.63) is 36.3 Å². The van der Waals surface area contributed by atoms with Gasteiger partial charge in [0.2, 0.25) is 5.88 Å². The van der Waals surface area contributed by atoms with E-state index in [0.29, 0.717) is 11.6 Å². The molecular weight excluding hydrogens is 302 g/mol. The van der Waals surface area contributed by atoms with E-state index in [-0.39, 0.29) is 11.9 Å². The lowest BCUT2D eigenvalue weighted by Gasteiger charge is -2.20. The highest BCUT2D eigenvalue weighted by Gasteiger charge is 2.17. The van der Waals surface area contributed by atoms with E-state index in [1.54, 1.807) is 13.3 Å². The Kier molecular flexibility index (Phi) is 5.51. The summed E-state index contributed by atoms with van der Waals surface area (Å²) in [5.41, 5.74) is 2.36. The first-order valence-corrected chi connectivity index (χ1v) is 8.76. The van der Waals surface area contributed by atoms with Crippen LogP contribution < -0.4 is 10.1 Å². The molecule has 0 saturated heterocycles. The third-order valence-corrected chi connectivity index (χ3v) is 4.64. The predicted octanol–water partition coefficient (Wildman–Crippen LogP) is 3.93. The number of carbonyl (C=O) groups is 1. The highest BCUT2D eigenvalue weighted by Crippen LogP contribution is 2.28. The molecule has 0 bridgehead atoms. The highest BCUT2D eigenvalue weighted by molar-refractivity contribution is 5.94. The number of hydrogen-bond acceptors (Lipinski definition) is 3. The summed E-state index contributed by atoms with van der Waals surface area (Å²) in [5.74, 6) is 0.526. The van der Waals surface area contributed by atoms with Gasteiger partial charge in [0.25, 0.3) is 5.91 Å². The van der Waals surface area contributed by atoms with Crippen LogP contribution in [0.1, 0.15) is 55.4 Å². The fourth-order valence-electron chi connectivity index (χ4n) is 3.32. The second kappa shape index (κ2) is 7.99. The predicted molar refractivity (Wildman–Crippen MR) is 94.1 cm³/mol. The van der Waals surface area contributed by atoms with Crippen molar-refractivity contribution in [1.82, 2.24) is 15.3 Å². The molecule has 2 aromatic rings. The molecule has 0 aliphatic heterocycles. The van der Waals surface area contributed by atoms with Crippen LogP contribution in [0.2, 0.25) is 0 Å². The van der Waals surface area contributed by atoms with Crippen molar-refractivity contribution in [3.8, 4) is 17.0 Å². The number of carbonyl (C=O) groups excluding carboxylic acids is 1. The number of H-pyrrole nitrogens is 1. The minimum atomic E-state index is -0.0327. The van der Waals surface area contributed by atoms with Gasteiger partial charge in [-0.3, -0.25) is 4.79 Å². The fourth-order valence-corrected chi connectivity index (χ4v) is 3.32. The zero-order valence-electron chi connectivity index (χ0n) is 14.2. The molecule has 5 nitrogen and oxygen atoms in total. The van der Waals surface area contributed by atoms with Crippen LogP contribution in [0.25, 0.3) is 11.1 Å². The first-order valence-electron chi connectivity index (χ1n) is 8.76. The summed E-state index contributed by atoms with van der Waals surface area (Å²) >= 11 is 0. The second-order valence-electron chi connectivity index (χ2n) is 6.38. The van der Waals surface area contributed by atoms with Gasteiger partial charge in [-0.2, -0.15) is 0 Å². The van der Waals surface area contributed by atoms with Crippen molar-refractivity contribution in [2.24, 2.45) is 0 Å². The van der Waals surface area contributed by atoms with Crippen molar-refractivity contribution in [2.75, 3.05) is 7.11 Å². The summed E-state index contributed by atoms with van der Waals surface area (Å²) < 4.78 is 5.29. The van der Waals surface area contributed by atoms with Gasteiger partial charge >= 0.3 is 0 Å². The van der Waals surface area contributed by atoms with Crippen LogP contribution >= 0.6 is 0 Å². The van der Waals surface area contributed by atoms with Crippen molar-refractivity contribution < 1.29 is 9.53 Å². The standard InChI is InChI=1S/C19H25N3O2/c1-24-19-16(10-7-11-20-19)14-12-17(21-13-14)18(23)22-15-8-5-3-2-4-6-9-15/h7,10-13,15,21H,2-6,8-9H2,1H3,(H,22,23). The van der Waals surface area contributed by atoms with E-state index < -0.39 is 0 Å². The molecule has 0 radical (unpaired) electrons. The Labute approximate surface area is 142 Å². The Balaban J connectivity index is 1.69. The number of amides is 1. The Morgan fingerprint density at radius 1 is 1.25 bits per heavy atom. The van der Waals surface area contributed by atoms with Gasteiger partial charge in [-0.1, -0.05) is 32.1 Å². The van der Waals surface area contributed by atoms with E-state index >= 15 is 0 Å². The van der Waals surface area contributed by atoms with Crippen LogP contribution in [-0.4, -0.2) is 29.0 Å². The Hall–Kier alpha value is -2.30. The maximum Gasteiger partial charge on any atom is 0.267 e. The number of aromatic nitrogens is 2. The number of hydrogen-bond donors (Lipinski definition) is 2. The quantitative estimate of drug-likeness (QED) is 0.894. The van der Waals surface area contributed by atoms with E-state index in [1.807, 2.05) is 24.4 Å². The lowest BCUT2D eigenvalue weighted by molar-refractivity contribution is 0.0926. The second-order valence-corrected chi connectivity index (χ2v) is 6.38. The van der Waals surface area contributed by atoms with Crippen molar-refractivity contribution in [1.29, 1.82) is 0 Å². The SMILES string of the molecule is COc1ncccc1-c1c[nH]c(C(=O)NC2CCCCCCC2)c1. The minimum absolute atomic E-state index is 0.0327. The van der Waals surface area contributed by atoms with Crippen LogP contribution in [0.15, 0.2) is 30.6 Å². The first kappa shape index (κ1) is 16.6. The monoisotopic (exact) mass is 327 g/mol. The van der Waals surface area contributed by atoms with Gasteiger partial charge in [-0.25, -0.2) is 4.98 Å². The summed E-state index contributed by atoms with van der Waals surface area (Å²) in [6.45, 7) is 0. The number of ether oxygens (including phenoxy) is 1. The zero-order chi connectivity index (χ0) is 16.8. The largest absolute Gasteiger partial charge is 0.481 e. The van der Waals surface area contributed by atoms with Crippen molar-refractivity contribution >= 4 is 5.91 Å². The molecule has 2 aromatic heterocycles. The lowest BCUT2D eigenvalue weighted by atomic mass is 9.96. The van der Waals surface area contributed by atoms with E-state index in [9.17, 15) is 4.79 Å². The number of rotatable bonds is 4. The lowest BCUT2D eigenvalue weighted by Crippen LogP contribution is -2.35.